The molecule has 0 aromatic heterocycles. The number of carbonyl (C=O) groups is 1. The van der Waals surface area contributed by atoms with Crippen molar-refractivity contribution in [3.8, 4) is 0 Å². The van der Waals surface area contributed by atoms with Crippen molar-refractivity contribution < 1.29 is 28.8 Å². The van der Waals surface area contributed by atoms with Crippen LogP contribution >= 0.6 is 7.82 Å². The van der Waals surface area contributed by atoms with Gasteiger partial charge in [-0.15, -0.1) is 0 Å². The van der Waals surface area contributed by atoms with Crippen molar-refractivity contribution in [1.29, 1.82) is 0 Å². The molecule has 0 aromatic carbocycles. The molecule has 4 N–H and O–H groups in total. The molecule has 0 aliphatic rings. The first-order valence-electron chi connectivity index (χ1n) is 20.1. The number of rotatable bonds is 37. The Hall–Kier alpha value is -0.720. The Labute approximate surface area is 291 Å². The fourth-order valence-electron chi connectivity index (χ4n) is 6.17. The van der Waals surface area contributed by atoms with E-state index in [0.717, 1.165) is 38.5 Å². The molecular formula is C39H78NO6P. The summed E-state index contributed by atoms with van der Waals surface area (Å²) in [5, 5.41) is 13.4. The van der Waals surface area contributed by atoms with Gasteiger partial charge in [-0.3, -0.25) is 9.32 Å². The van der Waals surface area contributed by atoms with Gasteiger partial charge in [-0.2, -0.15) is 0 Å². The van der Waals surface area contributed by atoms with Crippen LogP contribution in [-0.2, 0) is 13.9 Å². The van der Waals surface area contributed by atoms with Crippen LogP contribution in [0.25, 0.3) is 0 Å². The Morgan fingerprint density at radius 3 is 1.30 bits per heavy atom. The molecule has 0 radical (unpaired) electrons. The highest BCUT2D eigenvalue weighted by Crippen LogP contribution is 2.35. The van der Waals surface area contributed by atoms with Crippen LogP contribution in [0.3, 0.4) is 0 Å². The van der Waals surface area contributed by atoms with Crippen molar-refractivity contribution >= 4 is 13.7 Å². The molecule has 0 bridgehead atoms. The third kappa shape index (κ3) is 36.4. The van der Waals surface area contributed by atoms with E-state index >= 15 is 0 Å². The smallest absolute Gasteiger partial charge is 0.387 e. The lowest BCUT2D eigenvalue weighted by Crippen LogP contribution is -2.45. The number of aliphatic hydroxyl groups excluding tert-OH is 1. The van der Waals surface area contributed by atoms with Crippen molar-refractivity contribution in [3.63, 3.8) is 0 Å². The number of phosphoric ester groups is 1. The van der Waals surface area contributed by atoms with E-state index in [1.807, 2.05) is 6.08 Å². The van der Waals surface area contributed by atoms with Gasteiger partial charge in [0.05, 0.1) is 18.8 Å². The number of unbranched alkanes of at least 4 members (excludes halogenated alkanes) is 28. The molecule has 0 aliphatic carbocycles. The molecule has 1 amide bonds. The number of nitrogens with one attached hydrogen (secondary N) is 1. The largest absolute Gasteiger partial charge is 0.469 e. The number of phosphoric acid groups is 1. The Bertz CT molecular complexity index is 743. The average Bonchev–Trinajstić information content (AvgIpc) is 3.04. The summed E-state index contributed by atoms with van der Waals surface area (Å²) >= 11 is 0. The second-order valence-electron chi connectivity index (χ2n) is 14.0. The van der Waals surface area contributed by atoms with Crippen LogP contribution in [0, 0.1) is 0 Å². The van der Waals surface area contributed by atoms with Crippen molar-refractivity contribution in [1.82, 2.24) is 5.32 Å². The van der Waals surface area contributed by atoms with E-state index in [-0.39, 0.29) is 5.91 Å². The minimum Gasteiger partial charge on any atom is -0.387 e. The summed E-state index contributed by atoms with van der Waals surface area (Å²) in [6.07, 6.45) is 40.8. The number of hydrogen-bond acceptors (Lipinski definition) is 4. The third-order valence-electron chi connectivity index (χ3n) is 9.25. The summed E-state index contributed by atoms with van der Waals surface area (Å²) in [6.45, 7) is 4.08. The minimum atomic E-state index is -4.71. The van der Waals surface area contributed by atoms with Crippen LogP contribution < -0.4 is 5.32 Å². The van der Waals surface area contributed by atoms with E-state index in [0.29, 0.717) is 6.42 Å². The van der Waals surface area contributed by atoms with E-state index in [1.165, 1.54) is 154 Å². The van der Waals surface area contributed by atoms with Crippen LogP contribution in [0.15, 0.2) is 12.2 Å². The molecule has 0 unspecified atom stereocenters. The molecule has 0 rings (SSSR count). The van der Waals surface area contributed by atoms with Crippen molar-refractivity contribution in [3.05, 3.63) is 12.2 Å². The maximum Gasteiger partial charge on any atom is 0.469 e. The fourth-order valence-corrected chi connectivity index (χ4v) is 6.52. The molecule has 0 aromatic rings. The maximum absolute atomic E-state index is 12.5. The van der Waals surface area contributed by atoms with Gasteiger partial charge in [-0.05, 0) is 19.3 Å². The van der Waals surface area contributed by atoms with E-state index in [9.17, 15) is 14.5 Å². The third-order valence-corrected chi connectivity index (χ3v) is 9.73. The lowest BCUT2D eigenvalue weighted by Gasteiger charge is -2.22. The van der Waals surface area contributed by atoms with E-state index in [4.69, 9.17) is 9.79 Å². The normalized spacial score (nSPS) is 13.4. The maximum atomic E-state index is 12.5. The van der Waals surface area contributed by atoms with Gasteiger partial charge in [0.15, 0.2) is 0 Å². The SMILES string of the molecule is CCCCCCCCCCCCCCCCC/C=C/[C@@H](O)[C@H](COP(=O)(O)O)NC(=O)CCCCCCCCCCCCCCCC. The van der Waals surface area contributed by atoms with E-state index in [2.05, 4.69) is 23.7 Å². The number of hydrogen-bond donors (Lipinski definition) is 4. The number of allylic oxidation sites excluding steroid dienone is 1. The van der Waals surface area contributed by atoms with Gasteiger partial charge in [0, 0.05) is 6.42 Å². The van der Waals surface area contributed by atoms with Crippen LogP contribution in [0.5, 0.6) is 0 Å². The topological polar surface area (TPSA) is 116 Å². The summed E-state index contributed by atoms with van der Waals surface area (Å²) in [5.41, 5.74) is 0. The monoisotopic (exact) mass is 688 g/mol. The highest BCUT2D eigenvalue weighted by molar-refractivity contribution is 7.46. The molecule has 0 spiro atoms. The predicted octanol–water partition coefficient (Wildman–Crippen LogP) is 11.6. The molecule has 47 heavy (non-hydrogen) atoms. The lowest BCUT2D eigenvalue weighted by atomic mass is 10.0. The van der Waals surface area contributed by atoms with Gasteiger partial charge >= 0.3 is 7.82 Å². The summed E-state index contributed by atoms with van der Waals surface area (Å²) in [6, 6.07) is -0.904. The number of amides is 1. The Kier molecular flexibility index (Phi) is 34.6. The zero-order chi connectivity index (χ0) is 34.7. The second kappa shape index (κ2) is 35.1. The van der Waals surface area contributed by atoms with Gasteiger partial charge in [0.2, 0.25) is 5.91 Å². The van der Waals surface area contributed by atoms with Gasteiger partial charge < -0.3 is 20.2 Å². The Morgan fingerprint density at radius 2 is 0.936 bits per heavy atom. The van der Waals surface area contributed by atoms with E-state index < -0.39 is 26.6 Å². The van der Waals surface area contributed by atoms with Crippen LogP contribution in [0.1, 0.15) is 213 Å². The molecule has 7 nitrogen and oxygen atoms in total. The molecule has 0 saturated heterocycles. The molecular weight excluding hydrogens is 609 g/mol. The molecule has 8 heteroatoms. The fraction of sp³-hybridized carbons (Fsp3) is 0.923. The molecule has 2 atom stereocenters. The van der Waals surface area contributed by atoms with Crippen molar-refractivity contribution in [2.75, 3.05) is 6.61 Å². The number of aliphatic hydroxyl groups is 1. The van der Waals surface area contributed by atoms with Gasteiger partial charge in [-0.25, -0.2) is 4.57 Å². The summed E-state index contributed by atoms with van der Waals surface area (Å²) < 4.78 is 15.9. The lowest BCUT2D eigenvalue weighted by molar-refractivity contribution is -0.123. The minimum absolute atomic E-state index is 0.224. The number of carbonyl (C=O) groups excluding carboxylic acids is 1. The first kappa shape index (κ1) is 46.3. The molecule has 0 fully saturated rings. The van der Waals surface area contributed by atoms with Crippen LogP contribution in [-0.4, -0.2) is 39.6 Å². The molecule has 0 heterocycles. The Balaban J connectivity index is 3.98. The first-order valence-corrected chi connectivity index (χ1v) is 21.7. The zero-order valence-electron chi connectivity index (χ0n) is 31.0. The quantitative estimate of drug-likeness (QED) is 0.0293. The Morgan fingerprint density at radius 1 is 0.596 bits per heavy atom. The summed E-state index contributed by atoms with van der Waals surface area (Å²) in [7, 11) is -4.71. The molecule has 0 aliphatic heterocycles. The highest BCUT2D eigenvalue weighted by Gasteiger charge is 2.24. The second-order valence-corrected chi connectivity index (χ2v) is 15.2. The average molecular weight is 688 g/mol. The van der Waals surface area contributed by atoms with Gasteiger partial charge in [0.1, 0.15) is 0 Å². The predicted molar refractivity (Wildman–Crippen MR) is 200 cm³/mol. The van der Waals surface area contributed by atoms with Gasteiger partial charge in [-0.1, -0.05) is 199 Å². The summed E-state index contributed by atoms with van der Waals surface area (Å²) in [5.74, 6) is -0.224. The zero-order valence-corrected chi connectivity index (χ0v) is 31.8. The standard InChI is InChI=1S/C39H78NO6P/c1-3-5-7-9-11-13-15-17-19-20-21-22-24-26-28-30-32-34-38(41)37(36-46-47(43,44)45)40-39(42)35-33-31-29-27-25-23-18-16-14-12-10-8-6-4-2/h32,34,37-38,41H,3-31,33,35-36H2,1-2H3,(H,40,42)(H2,43,44,45)/b34-32+/t37-,38+/m0/s1. The first-order chi connectivity index (χ1) is 22.8. The van der Waals surface area contributed by atoms with E-state index in [1.54, 1.807) is 6.08 Å². The van der Waals surface area contributed by atoms with Crippen molar-refractivity contribution in [2.24, 2.45) is 0 Å². The molecule has 280 valence electrons. The van der Waals surface area contributed by atoms with Crippen LogP contribution in [0.2, 0.25) is 0 Å². The highest BCUT2D eigenvalue weighted by atomic mass is 31.2. The van der Waals surface area contributed by atoms with Crippen molar-refractivity contribution in [2.45, 2.75) is 225 Å². The van der Waals surface area contributed by atoms with Gasteiger partial charge in [0.25, 0.3) is 0 Å². The summed E-state index contributed by atoms with van der Waals surface area (Å²) in [4.78, 5) is 30.8. The molecule has 0 saturated carbocycles. The van der Waals surface area contributed by atoms with Crippen LogP contribution in [0.4, 0.5) is 0 Å².